The third-order valence-corrected chi connectivity index (χ3v) is 15.1. The van der Waals surface area contributed by atoms with Crippen LogP contribution in [-0.2, 0) is 32.7 Å². The van der Waals surface area contributed by atoms with Gasteiger partial charge in [0.05, 0.1) is 27.7 Å². The molecule has 2 atom stereocenters. The van der Waals surface area contributed by atoms with Gasteiger partial charge in [-0.2, -0.15) is 0 Å². The molecule has 0 heterocycles. The van der Waals surface area contributed by atoms with E-state index in [1.807, 2.05) is 21.1 Å². The number of nitrogens with zero attached hydrogens (tertiary/aromatic N) is 1. The maximum atomic E-state index is 12.8. The van der Waals surface area contributed by atoms with E-state index in [1.165, 1.54) is 225 Å². The number of quaternary nitrogens is 1. The monoisotopic (exact) mass is 1060 g/mol. The van der Waals surface area contributed by atoms with Crippen LogP contribution in [0.5, 0.6) is 0 Å². The number of unbranched alkanes of at least 4 members (excludes halogenated alkanes) is 39. The summed E-state index contributed by atoms with van der Waals surface area (Å²) in [5, 5.41) is 0. The third-order valence-electron chi connectivity index (χ3n) is 14.1. The zero-order valence-corrected chi connectivity index (χ0v) is 50.5. The van der Waals surface area contributed by atoms with Gasteiger partial charge in [0.15, 0.2) is 6.10 Å². The van der Waals surface area contributed by atoms with Crippen molar-refractivity contribution in [1.82, 2.24) is 0 Å². The van der Waals surface area contributed by atoms with E-state index in [1.54, 1.807) is 0 Å². The van der Waals surface area contributed by atoms with Crippen molar-refractivity contribution in [2.75, 3.05) is 47.5 Å². The van der Waals surface area contributed by atoms with Gasteiger partial charge >= 0.3 is 11.9 Å². The van der Waals surface area contributed by atoms with Crippen LogP contribution in [0.25, 0.3) is 0 Å². The van der Waals surface area contributed by atoms with Crippen molar-refractivity contribution in [3.05, 3.63) is 36.5 Å². The Morgan fingerprint density at radius 3 is 1.08 bits per heavy atom. The van der Waals surface area contributed by atoms with Crippen LogP contribution in [0.1, 0.15) is 309 Å². The Labute approximate surface area is 459 Å². The highest BCUT2D eigenvalue weighted by Gasteiger charge is 2.22. The number of hydrogen-bond donors (Lipinski definition) is 0. The molecular formula is C64H122NO8P. The first-order chi connectivity index (χ1) is 36.0. The second kappa shape index (κ2) is 56.0. The van der Waals surface area contributed by atoms with Gasteiger partial charge in [-0.25, -0.2) is 0 Å². The minimum atomic E-state index is -4.63. The number of esters is 2. The molecule has 74 heavy (non-hydrogen) atoms. The van der Waals surface area contributed by atoms with Crippen molar-refractivity contribution in [1.29, 1.82) is 0 Å². The molecule has 0 aliphatic heterocycles. The maximum Gasteiger partial charge on any atom is 0.306 e. The zero-order chi connectivity index (χ0) is 54.2. The Kier molecular flexibility index (Phi) is 54.6. The number of carbonyl (C=O) groups excluding carboxylic acids is 2. The second-order valence-corrected chi connectivity index (χ2v) is 24.2. The summed E-state index contributed by atoms with van der Waals surface area (Å²) in [5.41, 5.74) is 0. The predicted octanol–water partition coefficient (Wildman–Crippen LogP) is 19.3. The number of likely N-dealkylation sites (N-methyl/N-ethyl adjacent to an activating group) is 1. The van der Waals surface area contributed by atoms with Gasteiger partial charge in [0.2, 0.25) is 0 Å². The molecule has 0 aliphatic rings. The van der Waals surface area contributed by atoms with E-state index in [2.05, 4.69) is 50.3 Å². The van der Waals surface area contributed by atoms with Crippen LogP contribution >= 0.6 is 7.82 Å². The van der Waals surface area contributed by atoms with Crippen molar-refractivity contribution in [2.45, 2.75) is 315 Å². The molecule has 0 amide bonds. The molecule has 0 rings (SSSR count). The van der Waals surface area contributed by atoms with Gasteiger partial charge in [-0.05, 0) is 70.6 Å². The summed E-state index contributed by atoms with van der Waals surface area (Å²) in [6.07, 6.45) is 69.3. The summed E-state index contributed by atoms with van der Waals surface area (Å²) in [6.45, 7) is 4.26. The number of ether oxygens (including phenoxy) is 2. The van der Waals surface area contributed by atoms with Crippen molar-refractivity contribution >= 4 is 19.8 Å². The van der Waals surface area contributed by atoms with E-state index >= 15 is 0 Å². The number of phosphoric ester groups is 1. The van der Waals surface area contributed by atoms with Crippen LogP contribution in [-0.4, -0.2) is 70.0 Å². The largest absolute Gasteiger partial charge is 0.756 e. The average Bonchev–Trinajstić information content (AvgIpc) is 3.36. The quantitative estimate of drug-likeness (QED) is 0.0195. The molecule has 0 saturated carbocycles. The molecular weight excluding hydrogens is 942 g/mol. The fourth-order valence-corrected chi connectivity index (χ4v) is 9.94. The molecule has 0 aromatic carbocycles. The predicted molar refractivity (Wildman–Crippen MR) is 314 cm³/mol. The normalized spacial score (nSPS) is 13.4. The summed E-state index contributed by atoms with van der Waals surface area (Å²) in [5.74, 6) is -0.823. The standard InChI is InChI=1S/C64H122NO8P/c1-6-8-10-12-14-16-18-20-22-24-25-26-27-28-29-30-31-32-33-34-35-36-37-38-39-41-43-45-47-49-51-53-55-57-64(67)73-62(61-72-74(68,69)71-59-58-65(3,4)5)60-70-63(66)56-54-52-50-48-46-44-42-40-23-21-19-17-15-13-11-9-7-2/h18,20-21,23-25,62H,6-17,19,22,26-61H2,1-5H3/b20-18-,23-21-,25-24-. The molecule has 9 nitrogen and oxygen atoms in total. The molecule has 0 spiro atoms. The molecule has 0 aliphatic carbocycles. The molecule has 436 valence electrons. The molecule has 0 bridgehead atoms. The number of carbonyl (C=O) groups is 2. The van der Waals surface area contributed by atoms with Gasteiger partial charge in [-0.3, -0.25) is 14.2 Å². The first kappa shape index (κ1) is 72.2. The highest BCUT2D eigenvalue weighted by atomic mass is 31.2. The highest BCUT2D eigenvalue weighted by Crippen LogP contribution is 2.38. The Hall–Kier alpha value is -1.77. The van der Waals surface area contributed by atoms with Crippen LogP contribution in [0.15, 0.2) is 36.5 Å². The Morgan fingerprint density at radius 2 is 0.730 bits per heavy atom. The summed E-state index contributed by atoms with van der Waals surface area (Å²) in [7, 11) is 1.18. The SMILES string of the molecule is CCCCCCC/C=C\C/C=C\CCCCCCCCCCCCCCCCCCCCCCCC(=O)OC(COC(=O)CCCCCCCCC/C=C\CCCCCCCC)COP(=O)([O-])OCC[N+](C)(C)C. The van der Waals surface area contributed by atoms with Crippen molar-refractivity contribution < 1.29 is 42.1 Å². The van der Waals surface area contributed by atoms with Crippen LogP contribution in [0.2, 0.25) is 0 Å². The zero-order valence-electron chi connectivity index (χ0n) is 49.6. The number of allylic oxidation sites excluding steroid dienone is 6. The lowest BCUT2D eigenvalue weighted by Crippen LogP contribution is -2.37. The van der Waals surface area contributed by atoms with Gasteiger partial charge in [-0.1, -0.05) is 262 Å². The minimum absolute atomic E-state index is 0.0294. The van der Waals surface area contributed by atoms with Crippen molar-refractivity contribution in [3.63, 3.8) is 0 Å². The Balaban J connectivity index is 4.00. The first-order valence-corrected chi connectivity index (χ1v) is 33.2. The highest BCUT2D eigenvalue weighted by molar-refractivity contribution is 7.45. The van der Waals surface area contributed by atoms with E-state index < -0.39 is 26.5 Å². The minimum Gasteiger partial charge on any atom is -0.756 e. The number of phosphoric acid groups is 1. The van der Waals surface area contributed by atoms with Gasteiger partial charge in [-0.15, -0.1) is 0 Å². The van der Waals surface area contributed by atoms with E-state index in [-0.39, 0.29) is 32.0 Å². The molecule has 10 heteroatoms. The Morgan fingerprint density at radius 1 is 0.419 bits per heavy atom. The molecule has 0 N–H and O–H groups in total. The van der Waals surface area contributed by atoms with Gasteiger partial charge in [0.1, 0.15) is 19.8 Å². The van der Waals surface area contributed by atoms with Crippen LogP contribution in [0, 0.1) is 0 Å². The summed E-state index contributed by atoms with van der Waals surface area (Å²) in [4.78, 5) is 37.9. The summed E-state index contributed by atoms with van der Waals surface area (Å²) < 4.78 is 34.2. The molecule has 0 radical (unpaired) electrons. The molecule has 2 unspecified atom stereocenters. The Bertz CT molecular complexity index is 1340. The average molecular weight is 1060 g/mol. The van der Waals surface area contributed by atoms with E-state index in [9.17, 15) is 19.0 Å². The van der Waals surface area contributed by atoms with E-state index in [0.717, 1.165) is 51.4 Å². The van der Waals surface area contributed by atoms with Gasteiger partial charge in [0.25, 0.3) is 7.82 Å². The molecule has 0 aromatic rings. The number of rotatable bonds is 59. The first-order valence-electron chi connectivity index (χ1n) is 31.7. The second-order valence-electron chi connectivity index (χ2n) is 22.8. The third kappa shape index (κ3) is 59.5. The van der Waals surface area contributed by atoms with Crippen LogP contribution in [0.3, 0.4) is 0 Å². The van der Waals surface area contributed by atoms with Crippen LogP contribution < -0.4 is 4.89 Å². The maximum absolute atomic E-state index is 12.8. The van der Waals surface area contributed by atoms with E-state index in [4.69, 9.17) is 18.5 Å². The lowest BCUT2D eigenvalue weighted by atomic mass is 10.0. The molecule has 0 saturated heterocycles. The fourth-order valence-electron chi connectivity index (χ4n) is 9.21. The van der Waals surface area contributed by atoms with Gasteiger partial charge in [0, 0.05) is 12.8 Å². The fraction of sp³-hybridized carbons (Fsp3) is 0.875. The smallest absolute Gasteiger partial charge is 0.306 e. The molecule has 0 fully saturated rings. The van der Waals surface area contributed by atoms with Crippen molar-refractivity contribution in [3.8, 4) is 0 Å². The van der Waals surface area contributed by atoms with Crippen LogP contribution in [0.4, 0.5) is 0 Å². The summed E-state index contributed by atoms with van der Waals surface area (Å²) >= 11 is 0. The topological polar surface area (TPSA) is 111 Å². The molecule has 0 aromatic heterocycles. The van der Waals surface area contributed by atoms with E-state index in [0.29, 0.717) is 17.4 Å². The summed E-state index contributed by atoms with van der Waals surface area (Å²) in [6, 6.07) is 0. The lowest BCUT2D eigenvalue weighted by molar-refractivity contribution is -0.870. The van der Waals surface area contributed by atoms with Gasteiger partial charge < -0.3 is 27.9 Å². The van der Waals surface area contributed by atoms with Crippen molar-refractivity contribution in [2.24, 2.45) is 0 Å². The lowest BCUT2D eigenvalue weighted by Gasteiger charge is -2.28. The number of hydrogen-bond acceptors (Lipinski definition) is 8.